The topological polar surface area (TPSA) is 112 Å². The van der Waals surface area contributed by atoms with Crippen LogP contribution in [0.1, 0.15) is 175 Å². The van der Waals surface area contributed by atoms with Crippen molar-refractivity contribution in [3.05, 3.63) is 12.2 Å². The molecule has 43 heavy (non-hydrogen) atoms. The molecule has 0 bridgehead atoms. The van der Waals surface area contributed by atoms with Gasteiger partial charge in [0.2, 0.25) is 0 Å². The van der Waals surface area contributed by atoms with E-state index in [4.69, 9.17) is 0 Å². The minimum atomic E-state index is -1.08. The van der Waals surface area contributed by atoms with Crippen molar-refractivity contribution >= 4 is 17.9 Å². The molecular weight excluding hydrogens is 542 g/mol. The van der Waals surface area contributed by atoms with Crippen molar-refractivity contribution in [1.29, 1.82) is 0 Å². The smallest absolute Gasteiger partial charge is 0.362 e. The molecule has 0 aliphatic rings. The molecule has 7 heteroatoms. The summed E-state index contributed by atoms with van der Waals surface area (Å²) >= 11 is 0. The van der Waals surface area contributed by atoms with Crippen LogP contribution in [0.4, 0.5) is 0 Å². The average molecular weight is 611 g/mol. The number of carboxylic acid groups (broad SMARTS) is 3. The van der Waals surface area contributed by atoms with Gasteiger partial charge in [0.1, 0.15) is 0 Å². The standard InChI is InChI=1S/C36H67NO6/c1-5-9-10-11-12-13-14-15-16-17-18-19-20-21-22-23-24-25-26-30-37(31(27-6-2)34(38)39,32(28-7-3)35(40)41)33(29-8-4)36(42)43/h13-14,31-33H,5-12,15-30H2,1-4H3,(H2-,38,39,40,41,42,43)/p+1/b14-13+. The van der Waals surface area contributed by atoms with Gasteiger partial charge in [-0.25, -0.2) is 14.4 Å². The number of nitrogens with zero attached hydrogens (tertiary/aromatic N) is 1. The Balaban J connectivity index is 4.82. The third-order valence-electron chi connectivity index (χ3n) is 9.09. The van der Waals surface area contributed by atoms with E-state index < -0.39 is 36.0 Å². The predicted molar refractivity (Wildman–Crippen MR) is 177 cm³/mol. The van der Waals surface area contributed by atoms with Gasteiger partial charge in [-0.15, -0.1) is 0 Å². The molecule has 0 aromatic carbocycles. The van der Waals surface area contributed by atoms with Crippen LogP contribution < -0.4 is 0 Å². The lowest BCUT2D eigenvalue weighted by atomic mass is 9.91. The van der Waals surface area contributed by atoms with E-state index in [9.17, 15) is 29.7 Å². The highest BCUT2D eigenvalue weighted by Gasteiger charge is 2.56. The maximum absolute atomic E-state index is 12.6. The van der Waals surface area contributed by atoms with E-state index in [-0.39, 0.29) is 30.3 Å². The summed E-state index contributed by atoms with van der Waals surface area (Å²) in [4.78, 5) is 37.8. The second-order valence-corrected chi connectivity index (χ2v) is 12.6. The number of hydrogen-bond donors (Lipinski definition) is 3. The van der Waals surface area contributed by atoms with Gasteiger partial charge in [-0.3, -0.25) is 4.48 Å². The van der Waals surface area contributed by atoms with Crippen molar-refractivity contribution in [3.63, 3.8) is 0 Å². The van der Waals surface area contributed by atoms with E-state index in [1.807, 2.05) is 20.8 Å². The van der Waals surface area contributed by atoms with Gasteiger partial charge in [0.05, 0.1) is 6.54 Å². The van der Waals surface area contributed by atoms with Gasteiger partial charge in [0, 0.05) is 19.3 Å². The summed E-state index contributed by atoms with van der Waals surface area (Å²) in [6.07, 6.45) is 27.4. The Hall–Kier alpha value is -1.89. The molecule has 0 aromatic heterocycles. The highest BCUT2D eigenvalue weighted by atomic mass is 16.4. The second-order valence-electron chi connectivity index (χ2n) is 12.6. The summed E-state index contributed by atoms with van der Waals surface area (Å²) in [7, 11) is 0. The van der Waals surface area contributed by atoms with Crippen LogP contribution in [0.2, 0.25) is 0 Å². The Bertz CT molecular complexity index is 692. The molecule has 0 rings (SSSR count). The minimum Gasteiger partial charge on any atom is -0.477 e. The summed E-state index contributed by atoms with van der Waals surface area (Å²) in [6.45, 7) is 8.16. The second kappa shape index (κ2) is 26.5. The molecule has 3 atom stereocenters. The van der Waals surface area contributed by atoms with Gasteiger partial charge in [0.25, 0.3) is 0 Å². The van der Waals surface area contributed by atoms with E-state index in [2.05, 4.69) is 19.1 Å². The monoisotopic (exact) mass is 611 g/mol. The lowest BCUT2D eigenvalue weighted by molar-refractivity contribution is -0.973. The molecule has 3 N–H and O–H groups in total. The first-order chi connectivity index (χ1) is 20.7. The van der Waals surface area contributed by atoms with Crippen LogP contribution in [0.25, 0.3) is 0 Å². The molecule has 0 amide bonds. The molecule has 0 aliphatic carbocycles. The minimum absolute atomic E-state index is 0.270. The van der Waals surface area contributed by atoms with Gasteiger partial charge in [-0.05, 0) is 57.8 Å². The number of quaternary nitrogens is 1. The first-order valence-corrected chi connectivity index (χ1v) is 17.9. The van der Waals surface area contributed by atoms with Crippen LogP contribution in [0.3, 0.4) is 0 Å². The molecular formula is C36H68NO6+. The van der Waals surface area contributed by atoms with Crippen molar-refractivity contribution in [1.82, 2.24) is 0 Å². The van der Waals surface area contributed by atoms with Crippen LogP contribution in [-0.2, 0) is 14.4 Å². The molecule has 0 heterocycles. The highest BCUT2D eigenvalue weighted by Crippen LogP contribution is 2.34. The van der Waals surface area contributed by atoms with Gasteiger partial charge < -0.3 is 15.3 Å². The lowest BCUT2D eigenvalue weighted by Gasteiger charge is -2.50. The molecule has 0 saturated carbocycles. The number of carboxylic acids is 3. The van der Waals surface area contributed by atoms with Gasteiger partial charge >= 0.3 is 17.9 Å². The summed E-state index contributed by atoms with van der Waals surface area (Å²) < 4.78 is -0.371. The van der Waals surface area contributed by atoms with Crippen LogP contribution in [0.5, 0.6) is 0 Å². The fraction of sp³-hybridized carbons (Fsp3) is 0.861. The van der Waals surface area contributed by atoms with Crippen LogP contribution in [-0.4, -0.2) is 62.4 Å². The molecule has 0 saturated heterocycles. The summed E-state index contributed by atoms with van der Waals surface area (Å²) in [5.41, 5.74) is 0. The Morgan fingerprint density at radius 1 is 0.465 bits per heavy atom. The number of rotatable bonds is 31. The maximum Gasteiger partial charge on any atom is 0.362 e. The predicted octanol–water partition coefficient (Wildman–Crippen LogP) is 9.77. The molecule has 252 valence electrons. The molecule has 0 spiro atoms. The molecule has 0 fully saturated rings. The Labute approximate surface area is 264 Å². The summed E-state index contributed by atoms with van der Waals surface area (Å²) in [5, 5.41) is 30.9. The van der Waals surface area contributed by atoms with Crippen molar-refractivity contribution in [3.8, 4) is 0 Å². The maximum atomic E-state index is 12.6. The molecule has 3 unspecified atom stereocenters. The third kappa shape index (κ3) is 16.7. The largest absolute Gasteiger partial charge is 0.477 e. The van der Waals surface area contributed by atoms with Gasteiger partial charge in [0.15, 0.2) is 18.1 Å². The van der Waals surface area contributed by atoms with Gasteiger partial charge in [-0.1, -0.05) is 110 Å². The zero-order valence-electron chi connectivity index (χ0n) is 28.4. The van der Waals surface area contributed by atoms with E-state index in [1.165, 1.54) is 83.5 Å². The van der Waals surface area contributed by atoms with Crippen molar-refractivity contribution in [2.75, 3.05) is 6.54 Å². The van der Waals surface area contributed by atoms with Crippen LogP contribution in [0.15, 0.2) is 12.2 Å². The van der Waals surface area contributed by atoms with Crippen molar-refractivity contribution < 1.29 is 34.2 Å². The first-order valence-electron chi connectivity index (χ1n) is 17.9. The number of hydrogen-bond acceptors (Lipinski definition) is 3. The van der Waals surface area contributed by atoms with E-state index in [0.717, 1.165) is 19.3 Å². The zero-order chi connectivity index (χ0) is 32.3. The Morgan fingerprint density at radius 3 is 1.07 bits per heavy atom. The Kier molecular flexibility index (Phi) is 25.3. The van der Waals surface area contributed by atoms with Crippen LogP contribution >= 0.6 is 0 Å². The van der Waals surface area contributed by atoms with E-state index in [1.54, 1.807) is 0 Å². The summed E-state index contributed by atoms with van der Waals surface area (Å²) in [6, 6.07) is -3.13. The average Bonchev–Trinajstić information content (AvgIpc) is 2.97. The number of allylic oxidation sites excluding steroid dienone is 2. The number of aliphatic carboxylic acids is 3. The number of unbranched alkanes of at least 4 members (excludes halogenated alkanes) is 15. The van der Waals surface area contributed by atoms with Crippen LogP contribution in [0, 0.1) is 0 Å². The van der Waals surface area contributed by atoms with Crippen molar-refractivity contribution in [2.24, 2.45) is 0 Å². The van der Waals surface area contributed by atoms with Crippen molar-refractivity contribution in [2.45, 2.75) is 193 Å². The Morgan fingerprint density at radius 2 is 0.767 bits per heavy atom. The molecule has 0 aliphatic heterocycles. The third-order valence-corrected chi connectivity index (χ3v) is 9.09. The number of carbonyl (C=O) groups is 3. The van der Waals surface area contributed by atoms with Gasteiger partial charge in [-0.2, -0.15) is 0 Å². The molecule has 0 radical (unpaired) electrons. The highest BCUT2D eigenvalue weighted by molar-refractivity contribution is 5.78. The summed E-state index contributed by atoms with van der Waals surface area (Å²) in [5.74, 6) is -3.25. The van der Waals surface area contributed by atoms with E-state index >= 15 is 0 Å². The fourth-order valence-electron chi connectivity index (χ4n) is 6.81. The first kappa shape index (κ1) is 41.1. The van der Waals surface area contributed by atoms with E-state index in [0.29, 0.717) is 25.7 Å². The zero-order valence-corrected chi connectivity index (χ0v) is 28.4. The molecule has 7 nitrogen and oxygen atoms in total. The normalized spacial score (nSPS) is 15.3. The SMILES string of the molecule is CCCCCC/C=C/CCCCCCCCCCCCC[N+](C(CCC)C(=O)O)(C(CCC)C(=O)O)C(CCC)C(=O)O. The lowest BCUT2D eigenvalue weighted by Crippen LogP contribution is -2.72. The molecule has 0 aromatic rings. The fourth-order valence-corrected chi connectivity index (χ4v) is 6.81. The quantitative estimate of drug-likeness (QED) is 0.0409.